The SMILES string of the molecule is C/C=C(/C)c1ncnc(NC(C)CN2CCN(C)CC2)c1C. The van der Waals surface area contributed by atoms with Crippen molar-refractivity contribution in [2.75, 3.05) is 45.1 Å². The Bertz CT molecular complexity index is 518. The maximum absolute atomic E-state index is 4.42. The van der Waals surface area contributed by atoms with Crippen molar-refractivity contribution in [3.05, 3.63) is 23.7 Å². The lowest BCUT2D eigenvalue weighted by Crippen LogP contribution is -2.47. The summed E-state index contributed by atoms with van der Waals surface area (Å²) in [6.45, 7) is 14.1. The molecule has 1 N–H and O–H groups in total. The summed E-state index contributed by atoms with van der Waals surface area (Å²) in [5.41, 5.74) is 3.35. The van der Waals surface area contributed by atoms with Crippen molar-refractivity contribution in [1.29, 1.82) is 0 Å². The first-order valence-electron chi connectivity index (χ1n) is 8.13. The van der Waals surface area contributed by atoms with Crippen molar-refractivity contribution < 1.29 is 0 Å². The van der Waals surface area contributed by atoms with Crippen LogP contribution in [0.2, 0.25) is 0 Å². The largest absolute Gasteiger partial charge is 0.366 e. The van der Waals surface area contributed by atoms with Gasteiger partial charge in [0.1, 0.15) is 12.1 Å². The van der Waals surface area contributed by atoms with Crippen LogP contribution in [0.25, 0.3) is 5.57 Å². The maximum Gasteiger partial charge on any atom is 0.133 e. The van der Waals surface area contributed by atoms with E-state index in [9.17, 15) is 0 Å². The summed E-state index contributed by atoms with van der Waals surface area (Å²) in [7, 11) is 2.19. The van der Waals surface area contributed by atoms with E-state index in [1.54, 1.807) is 6.33 Å². The zero-order chi connectivity index (χ0) is 16.1. The predicted molar refractivity (Wildman–Crippen MR) is 93.1 cm³/mol. The number of hydrogen-bond donors (Lipinski definition) is 1. The topological polar surface area (TPSA) is 44.3 Å². The van der Waals surface area contributed by atoms with E-state index < -0.39 is 0 Å². The minimum absolute atomic E-state index is 0.371. The van der Waals surface area contributed by atoms with Crippen molar-refractivity contribution >= 4 is 11.4 Å². The molecule has 1 saturated heterocycles. The Morgan fingerprint density at radius 3 is 2.64 bits per heavy atom. The molecule has 1 atom stereocenters. The van der Waals surface area contributed by atoms with Crippen molar-refractivity contribution in [3.63, 3.8) is 0 Å². The average molecular weight is 303 g/mol. The summed E-state index contributed by atoms with van der Waals surface area (Å²) in [5, 5.41) is 3.55. The second kappa shape index (κ2) is 7.70. The van der Waals surface area contributed by atoms with Gasteiger partial charge in [0.25, 0.3) is 0 Å². The fraction of sp³-hybridized carbons (Fsp3) is 0.647. The zero-order valence-electron chi connectivity index (χ0n) is 14.6. The van der Waals surface area contributed by atoms with Gasteiger partial charge in [0.2, 0.25) is 0 Å². The van der Waals surface area contributed by atoms with Crippen molar-refractivity contribution in [2.24, 2.45) is 0 Å². The highest BCUT2D eigenvalue weighted by molar-refractivity contribution is 5.66. The number of anilines is 1. The van der Waals surface area contributed by atoms with Crippen LogP contribution in [-0.4, -0.2) is 65.6 Å². The minimum atomic E-state index is 0.371. The lowest BCUT2D eigenvalue weighted by molar-refractivity contribution is 0.151. The zero-order valence-corrected chi connectivity index (χ0v) is 14.6. The molecule has 22 heavy (non-hydrogen) atoms. The van der Waals surface area contributed by atoms with Crippen molar-refractivity contribution in [3.8, 4) is 0 Å². The van der Waals surface area contributed by atoms with Crippen LogP contribution in [-0.2, 0) is 0 Å². The molecule has 0 amide bonds. The second-order valence-electron chi connectivity index (χ2n) is 6.32. The summed E-state index contributed by atoms with van der Waals surface area (Å²) in [4.78, 5) is 13.7. The molecule has 1 aromatic rings. The van der Waals surface area contributed by atoms with E-state index in [1.807, 2.05) is 6.92 Å². The van der Waals surface area contributed by atoms with E-state index in [-0.39, 0.29) is 0 Å². The highest BCUT2D eigenvalue weighted by Crippen LogP contribution is 2.21. The first-order valence-corrected chi connectivity index (χ1v) is 8.13. The van der Waals surface area contributed by atoms with E-state index in [0.29, 0.717) is 6.04 Å². The van der Waals surface area contributed by atoms with E-state index in [4.69, 9.17) is 0 Å². The average Bonchev–Trinajstić information content (AvgIpc) is 2.51. The van der Waals surface area contributed by atoms with E-state index in [0.717, 1.165) is 49.8 Å². The van der Waals surface area contributed by atoms with Crippen molar-refractivity contribution in [1.82, 2.24) is 19.8 Å². The summed E-state index contributed by atoms with van der Waals surface area (Å²) >= 11 is 0. The fourth-order valence-electron chi connectivity index (χ4n) is 2.83. The Kier molecular flexibility index (Phi) is 5.91. The molecular formula is C17H29N5. The van der Waals surface area contributed by atoms with Crippen LogP contribution in [0.4, 0.5) is 5.82 Å². The van der Waals surface area contributed by atoms with Gasteiger partial charge in [-0.05, 0) is 40.3 Å². The van der Waals surface area contributed by atoms with Crippen LogP contribution in [0.3, 0.4) is 0 Å². The van der Waals surface area contributed by atoms with Crippen LogP contribution < -0.4 is 5.32 Å². The van der Waals surface area contributed by atoms with Crippen molar-refractivity contribution in [2.45, 2.75) is 33.7 Å². The smallest absolute Gasteiger partial charge is 0.133 e. The van der Waals surface area contributed by atoms with Gasteiger partial charge in [-0.2, -0.15) is 0 Å². The highest BCUT2D eigenvalue weighted by atomic mass is 15.3. The molecule has 2 heterocycles. The highest BCUT2D eigenvalue weighted by Gasteiger charge is 2.17. The molecule has 5 heteroatoms. The van der Waals surface area contributed by atoms with E-state index >= 15 is 0 Å². The molecule has 0 saturated carbocycles. The minimum Gasteiger partial charge on any atom is -0.366 e. The number of nitrogens with zero attached hydrogens (tertiary/aromatic N) is 4. The monoisotopic (exact) mass is 303 g/mol. The third-order valence-corrected chi connectivity index (χ3v) is 4.40. The third kappa shape index (κ3) is 4.27. The standard InChI is InChI=1S/C17H29N5/c1-6-13(2)16-15(4)17(19-12-18-16)20-14(3)11-22-9-7-21(5)8-10-22/h6,12,14H,7-11H2,1-5H3,(H,18,19,20)/b13-6-. The Balaban J connectivity index is 1.98. The molecule has 0 bridgehead atoms. The summed E-state index contributed by atoms with van der Waals surface area (Å²) in [5.74, 6) is 0.952. The first-order chi connectivity index (χ1) is 10.5. The van der Waals surface area contributed by atoms with Crippen LogP contribution in [0.5, 0.6) is 0 Å². The fourth-order valence-corrected chi connectivity index (χ4v) is 2.83. The molecule has 0 aliphatic carbocycles. The molecule has 1 aromatic heterocycles. The van der Waals surface area contributed by atoms with Crippen LogP contribution >= 0.6 is 0 Å². The van der Waals surface area contributed by atoms with Gasteiger partial charge in [-0.3, -0.25) is 4.90 Å². The molecule has 1 aliphatic rings. The quantitative estimate of drug-likeness (QED) is 0.904. The van der Waals surface area contributed by atoms with Gasteiger partial charge >= 0.3 is 0 Å². The maximum atomic E-state index is 4.42. The van der Waals surface area contributed by atoms with E-state index in [2.05, 4.69) is 59.0 Å². The van der Waals surface area contributed by atoms with Gasteiger partial charge in [-0.1, -0.05) is 6.08 Å². The van der Waals surface area contributed by atoms with Crippen LogP contribution in [0.1, 0.15) is 32.0 Å². The number of likely N-dealkylation sites (N-methyl/N-ethyl adjacent to an activating group) is 1. The Morgan fingerprint density at radius 1 is 1.32 bits per heavy atom. The molecule has 2 rings (SSSR count). The number of hydrogen-bond acceptors (Lipinski definition) is 5. The molecule has 1 unspecified atom stereocenters. The van der Waals surface area contributed by atoms with Gasteiger partial charge in [0, 0.05) is 44.3 Å². The molecule has 5 nitrogen and oxygen atoms in total. The molecule has 1 aliphatic heterocycles. The van der Waals surface area contributed by atoms with Gasteiger partial charge in [0.05, 0.1) is 5.69 Å². The number of rotatable bonds is 5. The summed E-state index contributed by atoms with van der Waals surface area (Å²) < 4.78 is 0. The van der Waals surface area contributed by atoms with Crippen LogP contribution in [0, 0.1) is 6.92 Å². The number of allylic oxidation sites excluding steroid dienone is 2. The van der Waals surface area contributed by atoms with Gasteiger partial charge in [-0.15, -0.1) is 0 Å². The van der Waals surface area contributed by atoms with Gasteiger partial charge in [0.15, 0.2) is 0 Å². The molecule has 1 fully saturated rings. The number of nitrogens with one attached hydrogen (secondary N) is 1. The first kappa shape index (κ1) is 16.9. The number of piperazine rings is 1. The van der Waals surface area contributed by atoms with Crippen LogP contribution in [0.15, 0.2) is 12.4 Å². The van der Waals surface area contributed by atoms with E-state index in [1.165, 1.54) is 5.57 Å². The summed E-state index contributed by atoms with van der Waals surface area (Å²) in [6, 6.07) is 0.371. The molecule has 122 valence electrons. The Morgan fingerprint density at radius 2 is 2.00 bits per heavy atom. The Hall–Kier alpha value is -1.46. The molecule has 0 aromatic carbocycles. The number of aromatic nitrogens is 2. The predicted octanol–water partition coefficient (Wildman–Crippen LogP) is 2.26. The second-order valence-corrected chi connectivity index (χ2v) is 6.32. The molecule has 0 radical (unpaired) electrons. The summed E-state index contributed by atoms with van der Waals surface area (Å²) in [6.07, 6.45) is 3.74. The van der Waals surface area contributed by atoms with Gasteiger partial charge in [-0.25, -0.2) is 9.97 Å². The molecular weight excluding hydrogens is 274 g/mol. The lowest BCUT2D eigenvalue weighted by Gasteiger charge is -2.34. The van der Waals surface area contributed by atoms with Gasteiger partial charge < -0.3 is 10.2 Å². The normalized spacial score (nSPS) is 19.2. The lowest BCUT2D eigenvalue weighted by atomic mass is 10.1. The Labute approximate surface area is 134 Å². The molecule has 0 spiro atoms. The third-order valence-electron chi connectivity index (χ3n) is 4.40.